The van der Waals surface area contributed by atoms with Gasteiger partial charge in [-0.3, -0.25) is 0 Å². The Morgan fingerprint density at radius 1 is 1.30 bits per heavy atom. The Hall–Kier alpha value is -1.10. The van der Waals surface area contributed by atoms with E-state index in [9.17, 15) is 5.11 Å². The van der Waals surface area contributed by atoms with Crippen LogP contribution >= 0.6 is 0 Å². The van der Waals surface area contributed by atoms with E-state index in [2.05, 4.69) is 17.4 Å². The third-order valence-corrected chi connectivity index (χ3v) is 3.88. The van der Waals surface area contributed by atoms with Crippen molar-refractivity contribution in [3.05, 3.63) is 29.8 Å². The monoisotopic (exact) mass is 280 g/mol. The molecule has 1 fully saturated rings. The summed E-state index contributed by atoms with van der Waals surface area (Å²) in [4.78, 5) is 0. The largest absolute Gasteiger partial charge is 0.497 e. The van der Waals surface area contributed by atoms with Gasteiger partial charge in [-0.2, -0.15) is 0 Å². The highest BCUT2D eigenvalue weighted by atomic mass is 16.5. The van der Waals surface area contributed by atoms with Gasteiger partial charge in [0.15, 0.2) is 0 Å². The number of rotatable bonds is 5. The highest BCUT2D eigenvalue weighted by Crippen LogP contribution is 2.30. The van der Waals surface area contributed by atoms with Crippen molar-refractivity contribution in [2.75, 3.05) is 20.3 Å². The molecule has 0 amide bonds. The van der Waals surface area contributed by atoms with Gasteiger partial charge in [-0.25, -0.2) is 0 Å². The maximum Gasteiger partial charge on any atom is 0.118 e. The zero-order valence-electron chi connectivity index (χ0n) is 12.7. The summed E-state index contributed by atoms with van der Waals surface area (Å²) in [7, 11) is 1.67. The van der Waals surface area contributed by atoms with E-state index in [-0.39, 0.29) is 5.60 Å². The van der Waals surface area contributed by atoms with E-state index in [0.717, 1.165) is 18.7 Å². The average Bonchev–Trinajstić information content (AvgIpc) is 2.38. The van der Waals surface area contributed by atoms with Gasteiger partial charge in [0, 0.05) is 18.4 Å². The van der Waals surface area contributed by atoms with Crippen LogP contribution in [-0.2, 0) is 11.3 Å². The number of benzene rings is 1. The Balaban J connectivity index is 1.82. The second-order valence-electron chi connectivity index (χ2n) is 6.30. The summed E-state index contributed by atoms with van der Waals surface area (Å²) in [6.07, 6.45) is 1.41. The summed E-state index contributed by atoms with van der Waals surface area (Å²) in [5.41, 5.74) is 0.399. The van der Waals surface area contributed by atoms with Crippen molar-refractivity contribution in [2.24, 2.45) is 0 Å². The summed E-state index contributed by atoms with van der Waals surface area (Å²) in [5.74, 6) is 0.874. The molecule has 1 saturated heterocycles. The van der Waals surface area contributed by atoms with Crippen LogP contribution in [0, 0.1) is 0 Å². The number of aliphatic hydroxyl groups is 1. The highest BCUT2D eigenvalue weighted by molar-refractivity contribution is 5.26. The number of hydrogen-bond donors (Lipinski definition) is 2. The molecule has 1 aliphatic heterocycles. The van der Waals surface area contributed by atoms with Gasteiger partial charge in [-0.15, -0.1) is 0 Å². The predicted molar refractivity (Wildman–Crippen MR) is 77.7 cm³/mol. The van der Waals surface area contributed by atoms with Gasteiger partial charge in [-0.05, 0) is 38.1 Å². The summed E-state index contributed by atoms with van der Waals surface area (Å²) >= 11 is 0. The Bertz CT molecular complexity index is 430. The minimum atomic E-state index is -0.617. The average molecular weight is 280 g/mol. The standard InChI is InChI=1S/C16H25NO3/c1-15(2)11-16(18,8-9-20-15)12-17-10-13-4-6-14(19-3)7-5-13/h4-7,17-18H,8-12H2,1-3H3/p+1. The van der Waals surface area contributed by atoms with Crippen LogP contribution in [0.5, 0.6) is 5.75 Å². The van der Waals surface area contributed by atoms with Crippen molar-refractivity contribution >= 4 is 0 Å². The van der Waals surface area contributed by atoms with Gasteiger partial charge in [0.25, 0.3) is 0 Å². The molecule has 0 spiro atoms. The summed E-state index contributed by atoms with van der Waals surface area (Å²) in [5, 5.41) is 12.8. The maximum atomic E-state index is 10.6. The lowest BCUT2D eigenvalue weighted by Crippen LogP contribution is -2.87. The molecule has 1 heterocycles. The lowest BCUT2D eigenvalue weighted by Gasteiger charge is -2.40. The van der Waals surface area contributed by atoms with Crippen LogP contribution in [0.2, 0.25) is 0 Å². The van der Waals surface area contributed by atoms with Crippen molar-refractivity contribution in [3.63, 3.8) is 0 Å². The van der Waals surface area contributed by atoms with Gasteiger partial charge in [0.2, 0.25) is 0 Å². The molecule has 1 unspecified atom stereocenters. The molecule has 2 rings (SSSR count). The van der Waals surface area contributed by atoms with Gasteiger partial charge in [-0.1, -0.05) is 0 Å². The molecule has 4 nitrogen and oxygen atoms in total. The van der Waals surface area contributed by atoms with E-state index in [1.54, 1.807) is 7.11 Å². The van der Waals surface area contributed by atoms with Crippen LogP contribution in [0.3, 0.4) is 0 Å². The molecular formula is C16H26NO3+. The van der Waals surface area contributed by atoms with Crippen LogP contribution in [0.15, 0.2) is 24.3 Å². The van der Waals surface area contributed by atoms with Crippen LogP contribution in [0.1, 0.15) is 32.3 Å². The van der Waals surface area contributed by atoms with E-state index in [1.165, 1.54) is 5.56 Å². The first-order chi connectivity index (χ1) is 9.42. The fraction of sp³-hybridized carbons (Fsp3) is 0.625. The molecule has 1 atom stereocenters. The van der Waals surface area contributed by atoms with Crippen molar-refractivity contribution in [3.8, 4) is 5.75 Å². The molecule has 1 aliphatic rings. The lowest BCUT2D eigenvalue weighted by molar-refractivity contribution is -0.683. The van der Waals surface area contributed by atoms with Crippen LogP contribution in [-0.4, -0.2) is 36.6 Å². The number of ether oxygens (including phenoxy) is 2. The Labute approximate surface area is 121 Å². The number of nitrogens with two attached hydrogens (primary N) is 1. The topological polar surface area (TPSA) is 55.3 Å². The summed E-state index contributed by atoms with van der Waals surface area (Å²) in [6, 6.07) is 8.06. The molecular weight excluding hydrogens is 254 g/mol. The minimum Gasteiger partial charge on any atom is -0.497 e. The molecule has 0 aromatic heterocycles. The molecule has 0 aliphatic carbocycles. The third kappa shape index (κ3) is 4.20. The molecule has 112 valence electrons. The van der Waals surface area contributed by atoms with Crippen LogP contribution in [0.4, 0.5) is 0 Å². The molecule has 0 radical (unpaired) electrons. The first kappa shape index (κ1) is 15.3. The van der Waals surface area contributed by atoms with E-state index >= 15 is 0 Å². The molecule has 1 aromatic carbocycles. The smallest absolute Gasteiger partial charge is 0.118 e. The van der Waals surface area contributed by atoms with Crippen LogP contribution < -0.4 is 10.1 Å². The highest BCUT2D eigenvalue weighted by Gasteiger charge is 2.40. The minimum absolute atomic E-state index is 0.221. The van der Waals surface area contributed by atoms with Crippen molar-refractivity contribution in [1.82, 2.24) is 0 Å². The lowest BCUT2D eigenvalue weighted by atomic mass is 9.84. The Kier molecular flexibility index (Phi) is 4.68. The molecule has 20 heavy (non-hydrogen) atoms. The second kappa shape index (κ2) is 6.12. The molecule has 4 heteroatoms. The molecule has 3 N–H and O–H groups in total. The van der Waals surface area contributed by atoms with Gasteiger partial charge in [0.1, 0.15) is 24.4 Å². The van der Waals surface area contributed by atoms with E-state index in [1.807, 2.05) is 26.0 Å². The van der Waals surface area contributed by atoms with E-state index in [4.69, 9.17) is 9.47 Å². The zero-order chi connectivity index (χ0) is 14.6. The van der Waals surface area contributed by atoms with Crippen molar-refractivity contribution in [1.29, 1.82) is 0 Å². The van der Waals surface area contributed by atoms with E-state index in [0.29, 0.717) is 19.6 Å². The van der Waals surface area contributed by atoms with Gasteiger partial charge in [0.05, 0.1) is 19.3 Å². The molecule has 1 aromatic rings. The van der Waals surface area contributed by atoms with Crippen molar-refractivity contribution in [2.45, 2.75) is 44.4 Å². The first-order valence-electron chi connectivity index (χ1n) is 7.23. The quantitative estimate of drug-likeness (QED) is 0.848. The van der Waals surface area contributed by atoms with Crippen molar-refractivity contribution < 1.29 is 19.9 Å². The molecule has 0 bridgehead atoms. The van der Waals surface area contributed by atoms with Gasteiger partial charge >= 0.3 is 0 Å². The number of methoxy groups -OCH3 is 1. The first-order valence-corrected chi connectivity index (χ1v) is 7.23. The third-order valence-electron chi connectivity index (χ3n) is 3.88. The van der Waals surface area contributed by atoms with Crippen LogP contribution in [0.25, 0.3) is 0 Å². The fourth-order valence-corrected chi connectivity index (χ4v) is 2.89. The Morgan fingerprint density at radius 2 is 2.00 bits per heavy atom. The SMILES string of the molecule is COc1ccc(C[NH2+]CC2(O)CCOC(C)(C)C2)cc1. The normalized spacial score (nSPS) is 25.4. The summed E-state index contributed by atoms with van der Waals surface area (Å²) in [6.45, 7) is 6.31. The number of hydrogen-bond acceptors (Lipinski definition) is 3. The Morgan fingerprint density at radius 3 is 2.60 bits per heavy atom. The fourth-order valence-electron chi connectivity index (χ4n) is 2.89. The second-order valence-corrected chi connectivity index (χ2v) is 6.30. The van der Waals surface area contributed by atoms with Gasteiger partial charge < -0.3 is 19.9 Å². The van der Waals surface area contributed by atoms with E-state index < -0.39 is 5.60 Å². The summed E-state index contributed by atoms with van der Waals surface area (Å²) < 4.78 is 10.8. The number of quaternary nitrogens is 1. The predicted octanol–water partition coefficient (Wildman–Crippen LogP) is 1.08. The molecule has 0 saturated carbocycles. The maximum absolute atomic E-state index is 10.6. The zero-order valence-corrected chi connectivity index (χ0v) is 12.7.